The minimum absolute atomic E-state index is 0. The van der Waals surface area contributed by atoms with Crippen LogP contribution >= 0.6 is 0 Å². The van der Waals surface area contributed by atoms with E-state index in [9.17, 15) is 29.4 Å². The van der Waals surface area contributed by atoms with Gasteiger partial charge in [0.2, 0.25) is 0 Å². The number of hydrogen-bond acceptors (Lipinski definition) is 8. The van der Waals surface area contributed by atoms with E-state index in [4.69, 9.17) is 10.2 Å². The number of benzene rings is 2. The monoisotopic (exact) mass is 557 g/mol. The number of rotatable bonds is 4. The molecule has 0 fully saturated rings. The van der Waals surface area contributed by atoms with Crippen molar-refractivity contribution < 1.29 is 56.7 Å². The van der Waals surface area contributed by atoms with Crippen molar-refractivity contribution >= 4 is 23.9 Å². The summed E-state index contributed by atoms with van der Waals surface area (Å²) in [6, 6.07) is 10.0. The van der Waals surface area contributed by atoms with Crippen LogP contribution in [0.25, 0.3) is 0 Å². The number of aromatic carboxylic acids is 4. The first-order chi connectivity index (χ1) is 17.0. The van der Waals surface area contributed by atoms with Crippen LogP contribution < -0.4 is 10.2 Å². The molecule has 0 saturated heterocycles. The van der Waals surface area contributed by atoms with E-state index >= 15 is 0 Å². The van der Waals surface area contributed by atoms with Gasteiger partial charge >= 0.3 is 29.0 Å². The second-order valence-corrected chi connectivity index (χ2v) is 6.82. The molecule has 2 heterocycles. The first kappa shape index (κ1) is 32.3. The van der Waals surface area contributed by atoms with Gasteiger partial charge in [-0.3, -0.25) is 0 Å². The third-order valence-corrected chi connectivity index (χ3v) is 3.96. The average Bonchev–Trinajstić information content (AvgIpc) is 3.53. The number of carbonyl (C=O) groups excluding carboxylic acids is 2. The van der Waals surface area contributed by atoms with Gasteiger partial charge in [0.15, 0.2) is 0 Å². The predicted octanol–water partition coefficient (Wildman–Crippen LogP) is 0.930. The molecule has 4 rings (SSSR count). The van der Waals surface area contributed by atoms with E-state index in [1.807, 2.05) is 13.8 Å². The number of carbonyl (C=O) groups is 4. The van der Waals surface area contributed by atoms with Crippen molar-refractivity contribution in [3.63, 3.8) is 0 Å². The quantitative estimate of drug-likeness (QED) is 0.260. The van der Waals surface area contributed by atoms with Gasteiger partial charge in [-0.1, -0.05) is 24.3 Å². The number of carboxylic acid groups (broad SMARTS) is 4. The first-order valence-corrected chi connectivity index (χ1v) is 10.0. The second-order valence-electron chi connectivity index (χ2n) is 6.82. The van der Waals surface area contributed by atoms with Crippen molar-refractivity contribution in [1.29, 1.82) is 0 Å². The normalized spacial score (nSPS) is 8.92. The molecule has 197 valence electrons. The molecule has 0 aliphatic rings. The van der Waals surface area contributed by atoms with Crippen LogP contribution in [0.1, 0.15) is 52.8 Å². The van der Waals surface area contributed by atoms with Gasteiger partial charge in [0.1, 0.15) is 0 Å². The Morgan fingerprint density at radius 1 is 0.676 bits per heavy atom. The molecule has 0 saturated carbocycles. The van der Waals surface area contributed by atoms with Crippen LogP contribution in [0.4, 0.5) is 0 Å². The molecule has 37 heavy (non-hydrogen) atoms. The van der Waals surface area contributed by atoms with Gasteiger partial charge in [0.25, 0.3) is 0 Å². The molecular weight excluding hydrogens is 536 g/mol. The Kier molecular flexibility index (Phi) is 14.7. The Hall–Kier alpha value is -4.74. The Morgan fingerprint density at radius 2 is 1.00 bits per heavy atom. The Morgan fingerprint density at radius 3 is 1.19 bits per heavy atom. The van der Waals surface area contributed by atoms with Crippen molar-refractivity contribution in [2.24, 2.45) is 0 Å². The number of hydrogen-bond donors (Lipinski definition) is 4. The predicted molar refractivity (Wildman–Crippen MR) is 122 cm³/mol. The molecule has 2 aromatic carbocycles. The van der Waals surface area contributed by atoms with E-state index in [0.717, 1.165) is 23.5 Å². The number of aromatic amines is 2. The Labute approximate surface area is 221 Å². The van der Waals surface area contributed by atoms with Gasteiger partial charge in [0, 0.05) is 23.8 Å². The molecule has 13 heteroatoms. The summed E-state index contributed by atoms with van der Waals surface area (Å²) in [6.07, 6.45) is 6.88. The van der Waals surface area contributed by atoms with Gasteiger partial charge < -0.3 is 40.0 Å². The first-order valence-electron chi connectivity index (χ1n) is 10.0. The molecule has 0 unspecified atom stereocenters. The largest absolute Gasteiger partial charge is 2.00 e. The van der Waals surface area contributed by atoms with Crippen LogP contribution in [-0.4, -0.2) is 54.0 Å². The molecule has 0 amide bonds. The molecule has 0 spiro atoms. The number of H-pyrrole nitrogens is 2. The zero-order valence-electron chi connectivity index (χ0n) is 19.5. The van der Waals surface area contributed by atoms with Crippen LogP contribution in [0.3, 0.4) is 0 Å². The summed E-state index contributed by atoms with van der Waals surface area (Å²) in [5, 5.41) is 37.5. The summed E-state index contributed by atoms with van der Waals surface area (Å²) in [7, 11) is 0. The Balaban J connectivity index is 0.000000485. The number of carboxylic acids is 4. The molecule has 2 aromatic heterocycles. The summed E-state index contributed by atoms with van der Waals surface area (Å²) in [6.45, 7) is 3.93. The topological polar surface area (TPSA) is 212 Å². The molecular formula is C24H22CuN4O8. The fourth-order valence-electron chi connectivity index (χ4n) is 2.21. The molecule has 1 radical (unpaired) electrons. The molecule has 0 aliphatic heterocycles. The maximum absolute atomic E-state index is 10.4. The zero-order valence-corrected chi connectivity index (χ0v) is 20.4. The van der Waals surface area contributed by atoms with Gasteiger partial charge in [-0.25, -0.2) is 19.6 Å². The molecule has 4 aromatic rings. The number of imidazole rings is 2. The van der Waals surface area contributed by atoms with E-state index in [1.54, 1.807) is 25.0 Å². The Bertz CT molecular complexity index is 1120. The SMILES string of the molecule is Cc1cnc[nH]1.Cc1cnc[nH]1.O=C([O-])c1cccc(C(=O)O)c1.O=C([O-])c1cccc(C(=O)O)c1.[Cu+2]. The fourth-order valence-corrected chi connectivity index (χ4v) is 2.21. The minimum atomic E-state index is -1.38. The summed E-state index contributed by atoms with van der Waals surface area (Å²) in [5.74, 6) is -5.06. The van der Waals surface area contributed by atoms with Gasteiger partial charge in [-0.05, 0) is 49.2 Å². The summed E-state index contributed by atoms with van der Waals surface area (Å²) in [5.41, 5.74) is 1.84. The summed E-state index contributed by atoms with van der Waals surface area (Å²) >= 11 is 0. The molecule has 0 aliphatic carbocycles. The van der Waals surface area contributed by atoms with E-state index in [0.29, 0.717) is 0 Å². The van der Waals surface area contributed by atoms with Gasteiger partial charge in [-0.2, -0.15) is 0 Å². The van der Waals surface area contributed by atoms with Crippen LogP contribution in [0.15, 0.2) is 73.6 Å². The molecule has 0 bridgehead atoms. The smallest absolute Gasteiger partial charge is 0.545 e. The van der Waals surface area contributed by atoms with E-state index in [-0.39, 0.29) is 39.3 Å². The van der Waals surface area contributed by atoms with Crippen molar-refractivity contribution in [2.45, 2.75) is 13.8 Å². The van der Waals surface area contributed by atoms with E-state index < -0.39 is 23.9 Å². The minimum Gasteiger partial charge on any atom is -0.545 e. The van der Waals surface area contributed by atoms with Crippen molar-refractivity contribution in [2.75, 3.05) is 0 Å². The van der Waals surface area contributed by atoms with E-state index in [1.165, 1.54) is 36.4 Å². The third kappa shape index (κ3) is 13.1. The van der Waals surface area contributed by atoms with Gasteiger partial charge in [0.05, 0.1) is 35.7 Å². The summed E-state index contributed by atoms with van der Waals surface area (Å²) < 4.78 is 0. The average molecular weight is 558 g/mol. The number of aryl methyl sites for hydroxylation is 2. The second kappa shape index (κ2) is 16.8. The fraction of sp³-hybridized carbons (Fsp3) is 0.0833. The van der Waals surface area contributed by atoms with Crippen LogP contribution in [0, 0.1) is 13.8 Å². The maximum atomic E-state index is 10.4. The summed E-state index contributed by atoms with van der Waals surface area (Å²) in [4.78, 5) is 54.6. The van der Waals surface area contributed by atoms with Crippen molar-refractivity contribution in [3.05, 3.63) is 107 Å². The van der Waals surface area contributed by atoms with Crippen LogP contribution in [0.5, 0.6) is 0 Å². The zero-order chi connectivity index (χ0) is 27.1. The standard InChI is InChI=1S/2C8H6O4.2C4H6N2.Cu/c2*9-7(10)5-2-1-3-6(4-5)8(11)12;2*1-4-2-5-3-6-4;/h2*1-4H,(H,9,10)(H,11,12);2*2-3H,1H3,(H,5,6);/q;;;;+2/p-2. The van der Waals surface area contributed by atoms with Crippen LogP contribution in [0.2, 0.25) is 0 Å². The van der Waals surface area contributed by atoms with Crippen LogP contribution in [-0.2, 0) is 17.1 Å². The number of nitrogens with one attached hydrogen (secondary N) is 2. The molecule has 12 nitrogen and oxygen atoms in total. The van der Waals surface area contributed by atoms with Crippen molar-refractivity contribution in [3.8, 4) is 0 Å². The molecule has 0 atom stereocenters. The molecule has 4 N–H and O–H groups in total. The third-order valence-electron chi connectivity index (χ3n) is 3.96. The maximum Gasteiger partial charge on any atom is 2.00 e. The van der Waals surface area contributed by atoms with Crippen molar-refractivity contribution in [1.82, 2.24) is 19.9 Å². The van der Waals surface area contributed by atoms with E-state index in [2.05, 4.69) is 19.9 Å². The van der Waals surface area contributed by atoms with Gasteiger partial charge in [-0.15, -0.1) is 0 Å². The number of nitrogens with zero attached hydrogens (tertiary/aromatic N) is 2. The number of aromatic nitrogens is 4.